The van der Waals surface area contributed by atoms with Gasteiger partial charge in [-0.15, -0.1) is 11.6 Å². The first-order chi connectivity index (χ1) is 8.63. The molecule has 1 atom stereocenters. The number of hydrogen-bond acceptors (Lipinski definition) is 0. The van der Waals surface area contributed by atoms with Gasteiger partial charge >= 0.3 is 0 Å². The Bertz CT molecular complexity index is 529. The summed E-state index contributed by atoms with van der Waals surface area (Å²) < 4.78 is 0. The average molecular weight is 279 g/mol. The molecule has 0 radical (unpaired) electrons. The van der Waals surface area contributed by atoms with Crippen LogP contribution < -0.4 is 0 Å². The second-order valence-electron chi connectivity index (χ2n) is 4.41. The second-order valence-corrected chi connectivity index (χ2v) is 5.26. The van der Waals surface area contributed by atoms with Gasteiger partial charge in [-0.2, -0.15) is 0 Å². The van der Waals surface area contributed by atoms with E-state index >= 15 is 0 Å². The molecule has 0 aliphatic carbocycles. The Kier molecular flexibility index (Phi) is 4.31. The summed E-state index contributed by atoms with van der Waals surface area (Å²) >= 11 is 12.7. The molecule has 1 unspecified atom stereocenters. The van der Waals surface area contributed by atoms with Crippen molar-refractivity contribution in [1.82, 2.24) is 0 Å². The fourth-order valence-corrected chi connectivity index (χ4v) is 2.56. The molecule has 0 aromatic heterocycles. The molecule has 0 nitrogen and oxygen atoms in total. The van der Waals surface area contributed by atoms with Crippen molar-refractivity contribution in [2.75, 3.05) is 0 Å². The molecule has 0 aliphatic heterocycles. The number of alkyl halides is 1. The number of aryl methyl sites for hydroxylation is 1. The summed E-state index contributed by atoms with van der Waals surface area (Å²) in [6.07, 6.45) is 1.05. The zero-order valence-corrected chi connectivity index (χ0v) is 12.1. The summed E-state index contributed by atoms with van der Waals surface area (Å²) in [6, 6.07) is 14.3. The van der Waals surface area contributed by atoms with Crippen LogP contribution in [0.3, 0.4) is 0 Å². The Morgan fingerprint density at radius 2 is 1.72 bits per heavy atom. The van der Waals surface area contributed by atoms with Crippen LogP contribution in [-0.2, 0) is 6.42 Å². The van der Waals surface area contributed by atoms with Crippen LogP contribution in [0.15, 0.2) is 42.5 Å². The molecule has 0 spiro atoms. The van der Waals surface area contributed by atoms with Crippen LogP contribution in [0.25, 0.3) is 0 Å². The van der Waals surface area contributed by atoms with Crippen molar-refractivity contribution < 1.29 is 0 Å². The van der Waals surface area contributed by atoms with Gasteiger partial charge in [0.15, 0.2) is 0 Å². The Labute approximate surface area is 119 Å². The largest absolute Gasteiger partial charge is 0.113 e. The first kappa shape index (κ1) is 13.5. The molecule has 0 aliphatic rings. The molecular formula is C16H16Cl2. The Morgan fingerprint density at radius 3 is 2.33 bits per heavy atom. The lowest BCUT2D eigenvalue weighted by Gasteiger charge is -2.14. The minimum absolute atomic E-state index is 0.144. The fraction of sp³-hybridized carbons (Fsp3) is 0.250. The molecule has 0 N–H and O–H groups in total. The van der Waals surface area contributed by atoms with Gasteiger partial charge in [0.1, 0.15) is 0 Å². The molecule has 2 aromatic carbocycles. The first-order valence-corrected chi connectivity index (χ1v) is 6.92. The molecule has 18 heavy (non-hydrogen) atoms. The van der Waals surface area contributed by atoms with E-state index in [-0.39, 0.29) is 5.38 Å². The Balaban J connectivity index is 2.35. The van der Waals surface area contributed by atoms with Crippen molar-refractivity contribution in [3.8, 4) is 0 Å². The van der Waals surface area contributed by atoms with E-state index < -0.39 is 0 Å². The predicted molar refractivity (Wildman–Crippen MR) is 79.7 cm³/mol. The normalized spacial score (nSPS) is 12.4. The van der Waals surface area contributed by atoms with E-state index in [0.29, 0.717) is 0 Å². The van der Waals surface area contributed by atoms with E-state index in [1.54, 1.807) is 0 Å². The van der Waals surface area contributed by atoms with Crippen molar-refractivity contribution in [2.45, 2.75) is 25.6 Å². The Hall–Kier alpha value is -0.980. The highest BCUT2D eigenvalue weighted by atomic mass is 35.5. The summed E-state index contributed by atoms with van der Waals surface area (Å²) in [5.74, 6) is 0. The van der Waals surface area contributed by atoms with Gasteiger partial charge in [-0.1, -0.05) is 54.9 Å². The number of benzene rings is 2. The lowest BCUT2D eigenvalue weighted by molar-refractivity contribution is 1.09. The van der Waals surface area contributed by atoms with Crippen molar-refractivity contribution in [1.29, 1.82) is 0 Å². The summed E-state index contributed by atoms with van der Waals surface area (Å²) in [7, 11) is 0. The van der Waals surface area contributed by atoms with E-state index in [2.05, 4.69) is 31.2 Å². The fourth-order valence-electron chi connectivity index (χ4n) is 2.00. The summed E-state index contributed by atoms with van der Waals surface area (Å²) in [5, 5.41) is 0.623. The van der Waals surface area contributed by atoms with Gasteiger partial charge in [0.25, 0.3) is 0 Å². The molecule has 94 valence electrons. The smallest absolute Gasteiger partial charge is 0.0838 e. The van der Waals surface area contributed by atoms with Crippen LogP contribution in [0.5, 0.6) is 0 Å². The third kappa shape index (κ3) is 2.71. The van der Waals surface area contributed by atoms with Crippen LogP contribution >= 0.6 is 23.2 Å². The molecule has 0 saturated carbocycles. The monoisotopic (exact) mass is 278 g/mol. The van der Waals surface area contributed by atoms with Crippen LogP contribution in [0.2, 0.25) is 5.02 Å². The van der Waals surface area contributed by atoms with Crippen molar-refractivity contribution in [3.05, 3.63) is 69.7 Å². The molecule has 0 amide bonds. The van der Waals surface area contributed by atoms with Gasteiger partial charge in [-0.05, 0) is 41.7 Å². The quantitative estimate of drug-likeness (QED) is 0.647. The minimum Gasteiger partial charge on any atom is -0.113 e. The first-order valence-electron chi connectivity index (χ1n) is 6.11. The number of rotatable bonds is 3. The van der Waals surface area contributed by atoms with Crippen molar-refractivity contribution in [2.24, 2.45) is 0 Å². The lowest BCUT2D eigenvalue weighted by atomic mass is 9.99. The van der Waals surface area contributed by atoms with Crippen molar-refractivity contribution >= 4 is 23.2 Å². The SMILES string of the molecule is CCc1ccc(C(Cl)c2cccc(Cl)c2C)cc1. The number of hydrogen-bond donors (Lipinski definition) is 0. The molecule has 0 heterocycles. The molecule has 0 fully saturated rings. The van der Waals surface area contributed by atoms with Crippen molar-refractivity contribution in [3.63, 3.8) is 0 Å². The zero-order chi connectivity index (χ0) is 13.1. The van der Waals surface area contributed by atoms with Crippen LogP contribution in [0.4, 0.5) is 0 Å². The third-order valence-corrected chi connectivity index (χ3v) is 4.16. The molecule has 2 heteroatoms. The third-order valence-electron chi connectivity index (χ3n) is 3.26. The maximum Gasteiger partial charge on any atom is 0.0838 e. The number of halogens is 2. The Morgan fingerprint density at radius 1 is 1.06 bits per heavy atom. The maximum atomic E-state index is 6.55. The van der Waals surface area contributed by atoms with E-state index in [1.165, 1.54) is 5.56 Å². The van der Waals surface area contributed by atoms with Crippen LogP contribution in [-0.4, -0.2) is 0 Å². The molecule has 0 bridgehead atoms. The van der Waals surface area contributed by atoms with E-state index in [4.69, 9.17) is 23.2 Å². The average Bonchev–Trinajstić information content (AvgIpc) is 2.41. The maximum absolute atomic E-state index is 6.55. The molecule has 2 rings (SSSR count). The highest BCUT2D eigenvalue weighted by Crippen LogP contribution is 2.33. The highest BCUT2D eigenvalue weighted by molar-refractivity contribution is 6.31. The molecule has 2 aromatic rings. The van der Waals surface area contributed by atoms with Gasteiger partial charge in [0.05, 0.1) is 5.38 Å². The van der Waals surface area contributed by atoms with Gasteiger partial charge in [-0.25, -0.2) is 0 Å². The van der Waals surface area contributed by atoms with E-state index in [0.717, 1.165) is 28.1 Å². The van der Waals surface area contributed by atoms with E-state index in [9.17, 15) is 0 Å². The van der Waals surface area contributed by atoms with Gasteiger partial charge in [-0.3, -0.25) is 0 Å². The van der Waals surface area contributed by atoms with Crippen LogP contribution in [0.1, 0.15) is 34.6 Å². The van der Waals surface area contributed by atoms with E-state index in [1.807, 2.05) is 25.1 Å². The summed E-state index contributed by atoms with van der Waals surface area (Å²) in [6.45, 7) is 4.15. The topological polar surface area (TPSA) is 0 Å². The van der Waals surface area contributed by atoms with Gasteiger partial charge in [0, 0.05) is 5.02 Å². The zero-order valence-electron chi connectivity index (χ0n) is 10.6. The molecule has 0 saturated heterocycles. The summed E-state index contributed by atoms with van der Waals surface area (Å²) in [4.78, 5) is 0. The summed E-state index contributed by atoms with van der Waals surface area (Å²) in [5.41, 5.74) is 4.57. The minimum atomic E-state index is -0.144. The van der Waals surface area contributed by atoms with Crippen LogP contribution in [0, 0.1) is 6.92 Å². The van der Waals surface area contributed by atoms with Gasteiger partial charge in [0.2, 0.25) is 0 Å². The second kappa shape index (κ2) is 5.77. The highest BCUT2D eigenvalue weighted by Gasteiger charge is 2.14. The standard InChI is InChI=1S/C16H16Cl2/c1-3-12-7-9-13(10-8-12)16(18)14-5-4-6-15(17)11(14)2/h4-10,16H,3H2,1-2H3. The van der Waals surface area contributed by atoms with Gasteiger partial charge < -0.3 is 0 Å². The molecular weight excluding hydrogens is 263 g/mol. The predicted octanol–water partition coefficient (Wildman–Crippen LogP) is 5.54. The lowest BCUT2D eigenvalue weighted by Crippen LogP contribution is -1.97.